The van der Waals surface area contributed by atoms with E-state index in [9.17, 15) is 20.0 Å². The van der Waals surface area contributed by atoms with Gasteiger partial charge in [0.15, 0.2) is 5.76 Å². The smallest absolute Gasteiger partial charge is 0.289 e. The molecule has 2 atom stereocenters. The number of benzene rings is 1. The quantitative estimate of drug-likeness (QED) is 0.646. The van der Waals surface area contributed by atoms with Crippen molar-refractivity contribution in [2.24, 2.45) is 0 Å². The first-order valence-electron chi connectivity index (χ1n) is 7.37. The van der Waals surface area contributed by atoms with E-state index in [0.29, 0.717) is 12.1 Å². The Morgan fingerprint density at radius 1 is 1.36 bits per heavy atom. The van der Waals surface area contributed by atoms with Crippen LogP contribution in [0.15, 0.2) is 41.7 Å². The van der Waals surface area contributed by atoms with Crippen molar-refractivity contribution in [2.75, 3.05) is 13.1 Å². The number of amides is 1. The van der Waals surface area contributed by atoms with Gasteiger partial charge in [-0.1, -0.05) is 37.3 Å². The topological polar surface area (TPSA) is 83.7 Å². The van der Waals surface area contributed by atoms with E-state index in [1.807, 2.05) is 13.0 Å². The van der Waals surface area contributed by atoms with Gasteiger partial charge in [-0.25, -0.2) is 0 Å². The molecule has 1 heterocycles. The van der Waals surface area contributed by atoms with Gasteiger partial charge in [-0.3, -0.25) is 14.9 Å². The number of rotatable bonds is 6. The van der Waals surface area contributed by atoms with E-state index in [4.69, 9.17) is 0 Å². The average molecular weight is 304 g/mol. The lowest BCUT2D eigenvalue weighted by Crippen LogP contribution is -2.30. The second-order valence-corrected chi connectivity index (χ2v) is 5.51. The zero-order valence-electron chi connectivity index (χ0n) is 12.7. The zero-order chi connectivity index (χ0) is 16.3. The predicted octanol–water partition coefficient (Wildman–Crippen LogP) is 2.50. The molecule has 0 bridgehead atoms. The molecule has 1 amide bonds. The summed E-state index contributed by atoms with van der Waals surface area (Å²) in [7, 11) is 0. The minimum atomic E-state index is -0.922. The molecule has 1 N–H and O–H groups in total. The molecular weight excluding hydrogens is 284 g/mol. The van der Waals surface area contributed by atoms with Crippen LogP contribution in [0.25, 0.3) is 0 Å². The number of nitro groups is 1. The van der Waals surface area contributed by atoms with Gasteiger partial charge in [0.2, 0.25) is 6.04 Å². The second-order valence-electron chi connectivity index (χ2n) is 5.51. The molecule has 0 saturated heterocycles. The summed E-state index contributed by atoms with van der Waals surface area (Å²) < 4.78 is 0. The number of aliphatic hydroxyl groups excluding tert-OH is 1. The Balaban J connectivity index is 2.42. The number of carbonyl (C=O) groups excluding carboxylic acids is 1. The van der Waals surface area contributed by atoms with Crippen molar-refractivity contribution >= 4 is 5.91 Å². The van der Waals surface area contributed by atoms with Crippen molar-refractivity contribution in [2.45, 2.75) is 32.2 Å². The third-order valence-corrected chi connectivity index (χ3v) is 4.00. The van der Waals surface area contributed by atoms with E-state index in [0.717, 1.165) is 12.0 Å². The van der Waals surface area contributed by atoms with E-state index in [-0.39, 0.29) is 17.2 Å². The minimum absolute atomic E-state index is 0.246. The number of carbonyl (C=O) groups is 1. The van der Waals surface area contributed by atoms with E-state index >= 15 is 0 Å². The lowest BCUT2D eigenvalue weighted by atomic mass is 9.85. The Kier molecular flexibility index (Phi) is 4.80. The SMILES string of the molecule is CCCN1CC([C@@H](c2ccccc2)[C@H](C)[N+](=O)[O-])=C(O)C1=O. The summed E-state index contributed by atoms with van der Waals surface area (Å²) in [4.78, 5) is 24.5. The Bertz CT molecular complexity index is 597. The maximum absolute atomic E-state index is 12.1. The first-order valence-corrected chi connectivity index (χ1v) is 7.37. The van der Waals surface area contributed by atoms with E-state index in [1.165, 1.54) is 11.8 Å². The molecule has 0 radical (unpaired) electrons. The van der Waals surface area contributed by atoms with Gasteiger partial charge in [-0.2, -0.15) is 0 Å². The lowest BCUT2D eigenvalue weighted by Gasteiger charge is -2.21. The largest absolute Gasteiger partial charge is 0.503 e. The Labute approximate surface area is 129 Å². The van der Waals surface area contributed by atoms with Crippen molar-refractivity contribution in [3.8, 4) is 0 Å². The Morgan fingerprint density at radius 3 is 2.55 bits per heavy atom. The number of hydrogen-bond acceptors (Lipinski definition) is 4. The van der Waals surface area contributed by atoms with Crippen molar-refractivity contribution in [1.82, 2.24) is 4.90 Å². The molecule has 0 aliphatic carbocycles. The maximum Gasteiger partial charge on any atom is 0.289 e. The summed E-state index contributed by atoms with van der Waals surface area (Å²) >= 11 is 0. The van der Waals surface area contributed by atoms with Crippen molar-refractivity contribution in [3.63, 3.8) is 0 Å². The molecular formula is C16H20N2O4. The van der Waals surface area contributed by atoms with Crippen LogP contribution in [0, 0.1) is 10.1 Å². The molecule has 1 aliphatic rings. The van der Waals surface area contributed by atoms with Gasteiger partial charge in [0.25, 0.3) is 5.91 Å². The highest BCUT2D eigenvalue weighted by molar-refractivity contribution is 5.95. The molecule has 0 aromatic heterocycles. The first-order chi connectivity index (χ1) is 10.5. The second kappa shape index (κ2) is 6.60. The van der Waals surface area contributed by atoms with Crippen LogP contribution >= 0.6 is 0 Å². The van der Waals surface area contributed by atoms with Crippen LogP contribution in [0.1, 0.15) is 31.7 Å². The highest BCUT2D eigenvalue weighted by Crippen LogP contribution is 2.35. The molecule has 118 valence electrons. The fraction of sp³-hybridized carbons (Fsp3) is 0.438. The summed E-state index contributed by atoms with van der Waals surface area (Å²) in [5, 5.41) is 21.5. The molecule has 6 nitrogen and oxygen atoms in total. The third kappa shape index (κ3) is 2.95. The van der Waals surface area contributed by atoms with Gasteiger partial charge in [0, 0.05) is 30.5 Å². The van der Waals surface area contributed by atoms with Crippen molar-refractivity contribution in [1.29, 1.82) is 0 Å². The lowest BCUT2D eigenvalue weighted by molar-refractivity contribution is -0.520. The molecule has 0 saturated carbocycles. The van der Waals surface area contributed by atoms with Crippen LogP contribution in [-0.4, -0.2) is 40.0 Å². The van der Waals surface area contributed by atoms with E-state index in [2.05, 4.69) is 0 Å². The minimum Gasteiger partial charge on any atom is -0.503 e. The van der Waals surface area contributed by atoms with Crippen LogP contribution in [0.4, 0.5) is 0 Å². The molecule has 2 rings (SSSR count). The van der Waals surface area contributed by atoms with Gasteiger partial charge in [-0.15, -0.1) is 0 Å². The summed E-state index contributed by atoms with van der Waals surface area (Å²) in [6.45, 7) is 4.22. The van der Waals surface area contributed by atoms with E-state index in [1.54, 1.807) is 24.3 Å². The van der Waals surface area contributed by atoms with Crippen molar-refractivity contribution in [3.05, 3.63) is 57.3 Å². The van der Waals surface area contributed by atoms with Crippen LogP contribution < -0.4 is 0 Å². The highest BCUT2D eigenvalue weighted by Gasteiger charge is 2.40. The fourth-order valence-electron chi connectivity index (χ4n) is 2.89. The first kappa shape index (κ1) is 16.0. The summed E-state index contributed by atoms with van der Waals surface area (Å²) in [6, 6.07) is 8.08. The zero-order valence-corrected chi connectivity index (χ0v) is 12.7. The number of aliphatic hydroxyl groups is 1. The van der Waals surface area contributed by atoms with Gasteiger partial charge in [-0.05, 0) is 12.0 Å². The van der Waals surface area contributed by atoms with Crippen LogP contribution in [0.5, 0.6) is 0 Å². The normalized spacial score (nSPS) is 17.7. The molecule has 0 spiro atoms. The van der Waals surface area contributed by atoms with Gasteiger partial charge in [0.1, 0.15) is 0 Å². The number of nitrogens with zero attached hydrogens (tertiary/aromatic N) is 2. The predicted molar refractivity (Wildman–Crippen MR) is 82.2 cm³/mol. The molecule has 1 aromatic carbocycles. The maximum atomic E-state index is 12.1. The Hall–Kier alpha value is -2.37. The molecule has 1 aliphatic heterocycles. The van der Waals surface area contributed by atoms with Gasteiger partial charge < -0.3 is 10.0 Å². The summed E-state index contributed by atoms with van der Waals surface area (Å²) in [5.74, 6) is -1.38. The Morgan fingerprint density at radius 2 is 2.00 bits per heavy atom. The molecule has 1 aromatic rings. The van der Waals surface area contributed by atoms with Gasteiger partial charge >= 0.3 is 0 Å². The summed E-state index contributed by atoms with van der Waals surface area (Å²) in [6.07, 6.45) is 0.771. The van der Waals surface area contributed by atoms with Gasteiger partial charge in [0.05, 0.1) is 5.92 Å². The average Bonchev–Trinajstić information content (AvgIpc) is 2.78. The molecule has 0 fully saturated rings. The van der Waals surface area contributed by atoms with Crippen LogP contribution in [-0.2, 0) is 4.79 Å². The summed E-state index contributed by atoms with van der Waals surface area (Å²) in [5.41, 5.74) is 1.17. The third-order valence-electron chi connectivity index (χ3n) is 4.00. The standard InChI is InChI=1S/C16H20N2O4/c1-3-9-17-10-13(15(19)16(17)20)14(11(2)18(21)22)12-7-5-4-6-8-12/h4-8,11,14,19H,3,9-10H2,1-2H3/t11-,14+/m0/s1. The molecule has 0 unspecified atom stereocenters. The monoisotopic (exact) mass is 304 g/mol. The van der Waals surface area contributed by atoms with Crippen LogP contribution in [0.3, 0.4) is 0 Å². The molecule has 6 heteroatoms. The highest BCUT2D eigenvalue weighted by atomic mass is 16.6. The van der Waals surface area contributed by atoms with E-state index < -0.39 is 17.9 Å². The van der Waals surface area contributed by atoms with Crippen LogP contribution in [0.2, 0.25) is 0 Å². The number of hydrogen-bond donors (Lipinski definition) is 1. The fourth-order valence-corrected chi connectivity index (χ4v) is 2.89. The molecule has 22 heavy (non-hydrogen) atoms. The van der Waals surface area contributed by atoms with Crippen molar-refractivity contribution < 1.29 is 14.8 Å².